The second kappa shape index (κ2) is 5.37. The molecule has 3 N–H and O–H groups in total. The Morgan fingerprint density at radius 3 is 3.00 bits per heavy atom. The van der Waals surface area contributed by atoms with E-state index in [1.54, 1.807) is 0 Å². The van der Waals surface area contributed by atoms with Crippen LogP contribution in [-0.4, -0.2) is 36.3 Å². The molecular formula is C13H19N3O2. The van der Waals surface area contributed by atoms with Crippen LogP contribution in [0.25, 0.3) is 11.1 Å². The van der Waals surface area contributed by atoms with Crippen molar-refractivity contribution in [1.29, 1.82) is 0 Å². The number of hydrogen-bond acceptors (Lipinski definition) is 5. The van der Waals surface area contributed by atoms with Crippen LogP contribution in [0.5, 0.6) is 0 Å². The molecule has 1 aromatic heterocycles. The fourth-order valence-electron chi connectivity index (χ4n) is 1.97. The number of nitrogens with zero attached hydrogens (tertiary/aromatic N) is 2. The summed E-state index contributed by atoms with van der Waals surface area (Å²) in [5, 5.41) is 9.74. The first kappa shape index (κ1) is 12.9. The smallest absolute Gasteiger partial charge is 0.192 e. The van der Waals surface area contributed by atoms with Gasteiger partial charge in [-0.25, -0.2) is 4.98 Å². The molecule has 5 nitrogen and oxygen atoms in total. The number of nitrogens with two attached hydrogens (primary N) is 1. The molecule has 0 aliphatic rings. The first-order valence-corrected chi connectivity index (χ1v) is 6.06. The van der Waals surface area contributed by atoms with Crippen molar-refractivity contribution in [3.63, 3.8) is 0 Å². The zero-order valence-electron chi connectivity index (χ0n) is 10.8. The van der Waals surface area contributed by atoms with Crippen molar-refractivity contribution in [2.45, 2.75) is 19.4 Å². The lowest BCUT2D eigenvalue weighted by molar-refractivity contribution is 0.174. The summed E-state index contributed by atoms with van der Waals surface area (Å²) < 4.78 is 5.43. The van der Waals surface area contributed by atoms with Gasteiger partial charge in [-0.3, -0.25) is 0 Å². The van der Waals surface area contributed by atoms with E-state index >= 15 is 0 Å². The Labute approximate surface area is 106 Å². The Morgan fingerprint density at radius 2 is 2.28 bits per heavy atom. The number of aliphatic hydroxyl groups excluding tert-OH is 1. The number of hydrogen-bond donors (Lipinski definition) is 2. The molecule has 0 fully saturated rings. The summed E-state index contributed by atoms with van der Waals surface area (Å²) in [6, 6.07) is 5.82. The maximum atomic E-state index is 9.74. The Morgan fingerprint density at radius 1 is 1.50 bits per heavy atom. The van der Waals surface area contributed by atoms with Crippen LogP contribution < -0.4 is 10.6 Å². The van der Waals surface area contributed by atoms with E-state index in [0.29, 0.717) is 25.4 Å². The summed E-state index contributed by atoms with van der Waals surface area (Å²) in [4.78, 5) is 6.29. The van der Waals surface area contributed by atoms with Crippen LogP contribution in [-0.2, 0) is 0 Å². The van der Waals surface area contributed by atoms with Gasteiger partial charge >= 0.3 is 0 Å². The molecule has 1 aromatic carbocycles. The highest BCUT2D eigenvalue weighted by atomic mass is 16.3. The third-order valence-corrected chi connectivity index (χ3v) is 2.90. The van der Waals surface area contributed by atoms with E-state index in [1.807, 2.05) is 37.1 Å². The van der Waals surface area contributed by atoms with Crippen LogP contribution in [0.3, 0.4) is 0 Å². The van der Waals surface area contributed by atoms with Crippen molar-refractivity contribution in [2.75, 3.05) is 25.0 Å². The molecule has 0 aliphatic carbocycles. The summed E-state index contributed by atoms with van der Waals surface area (Å²) in [7, 11) is 1.94. The largest absolute Gasteiger partial charge is 0.441 e. The molecule has 0 spiro atoms. The maximum Gasteiger partial charge on any atom is 0.192 e. The van der Waals surface area contributed by atoms with Crippen LogP contribution in [0.1, 0.15) is 12.3 Å². The first-order chi connectivity index (χ1) is 8.60. The lowest BCUT2D eigenvalue weighted by Crippen LogP contribution is -2.30. The van der Waals surface area contributed by atoms with Gasteiger partial charge < -0.3 is 20.2 Å². The van der Waals surface area contributed by atoms with Gasteiger partial charge in [-0.1, -0.05) is 0 Å². The van der Waals surface area contributed by atoms with Gasteiger partial charge in [-0.15, -0.1) is 0 Å². The average molecular weight is 249 g/mol. The number of aryl methyl sites for hydroxylation is 1. The standard InChI is InChI=1S/C13H19N3O2/c1-9-15-12-7-10(3-4-13(12)18-9)16(2)8-11(17)5-6-14/h3-4,7,11,17H,5-6,8,14H2,1-2H3. The summed E-state index contributed by atoms with van der Waals surface area (Å²) in [5.41, 5.74) is 8.05. The molecule has 0 bridgehead atoms. The first-order valence-electron chi connectivity index (χ1n) is 6.06. The summed E-state index contributed by atoms with van der Waals surface area (Å²) in [6.45, 7) is 2.88. The zero-order valence-corrected chi connectivity index (χ0v) is 10.8. The van der Waals surface area contributed by atoms with Crippen molar-refractivity contribution in [3.05, 3.63) is 24.1 Å². The molecule has 1 heterocycles. The van der Waals surface area contributed by atoms with E-state index in [9.17, 15) is 5.11 Å². The van der Waals surface area contributed by atoms with Crippen LogP contribution in [0.2, 0.25) is 0 Å². The predicted molar refractivity (Wildman–Crippen MR) is 71.7 cm³/mol. The fourth-order valence-corrected chi connectivity index (χ4v) is 1.97. The molecule has 5 heteroatoms. The lowest BCUT2D eigenvalue weighted by Gasteiger charge is -2.22. The Balaban J connectivity index is 2.14. The lowest BCUT2D eigenvalue weighted by atomic mass is 10.2. The SMILES string of the molecule is Cc1nc2cc(N(C)CC(O)CCN)ccc2o1. The predicted octanol–water partition coefficient (Wildman–Crippen LogP) is 1.28. The van der Waals surface area contributed by atoms with Crippen molar-refractivity contribution in [2.24, 2.45) is 5.73 Å². The number of benzene rings is 1. The van der Waals surface area contributed by atoms with Gasteiger partial charge in [-0.2, -0.15) is 0 Å². The van der Waals surface area contributed by atoms with Crippen LogP contribution >= 0.6 is 0 Å². The summed E-state index contributed by atoms with van der Waals surface area (Å²) >= 11 is 0. The Bertz CT molecular complexity index is 524. The number of aliphatic hydroxyl groups is 1. The van der Waals surface area contributed by atoms with E-state index in [-0.39, 0.29) is 0 Å². The van der Waals surface area contributed by atoms with E-state index < -0.39 is 6.10 Å². The normalized spacial score (nSPS) is 12.9. The molecule has 0 amide bonds. The zero-order chi connectivity index (χ0) is 13.1. The second-order valence-corrected chi connectivity index (χ2v) is 4.50. The third kappa shape index (κ3) is 2.80. The average Bonchev–Trinajstić information content (AvgIpc) is 2.68. The minimum absolute atomic E-state index is 0.408. The summed E-state index contributed by atoms with van der Waals surface area (Å²) in [5.74, 6) is 0.660. The van der Waals surface area contributed by atoms with E-state index in [2.05, 4.69) is 4.98 Å². The number of anilines is 1. The molecule has 1 unspecified atom stereocenters. The van der Waals surface area contributed by atoms with Gasteiger partial charge in [0.25, 0.3) is 0 Å². The molecule has 0 aliphatic heterocycles. The second-order valence-electron chi connectivity index (χ2n) is 4.50. The highest BCUT2D eigenvalue weighted by molar-refractivity contribution is 5.77. The summed E-state index contributed by atoms with van der Waals surface area (Å²) in [6.07, 6.45) is 0.199. The van der Waals surface area contributed by atoms with Crippen molar-refractivity contribution in [1.82, 2.24) is 4.98 Å². The minimum atomic E-state index is -0.408. The molecule has 2 aromatic rings. The van der Waals surface area contributed by atoms with Crippen molar-refractivity contribution in [3.8, 4) is 0 Å². The van der Waals surface area contributed by atoms with Gasteiger partial charge in [-0.05, 0) is 31.2 Å². The molecular weight excluding hydrogens is 230 g/mol. The van der Waals surface area contributed by atoms with Gasteiger partial charge in [0.1, 0.15) is 5.52 Å². The van der Waals surface area contributed by atoms with Gasteiger partial charge in [0.15, 0.2) is 11.5 Å². The monoisotopic (exact) mass is 249 g/mol. The number of rotatable bonds is 5. The molecule has 0 saturated carbocycles. The van der Waals surface area contributed by atoms with Crippen LogP contribution in [0, 0.1) is 6.92 Å². The van der Waals surface area contributed by atoms with Crippen molar-refractivity contribution >= 4 is 16.8 Å². The topological polar surface area (TPSA) is 75.5 Å². The molecule has 1 atom stereocenters. The van der Waals surface area contributed by atoms with Crippen LogP contribution in [0.4, 0.5) is 5.69 Å². The molecule has 98 valence electrons. The number of fused-ring (bicyclic) bond motifs is 1. The molecule has 18 heavy (non-hydrogen) atoms. The van der Waals surface area contributed by atoms with Crippen molar-refractivity contribution < 1.29 is 9.52 Å². The number of aromatic nitrogens is 1. The Hall–Kier alpha value is -1.59. The van der Waals surface area contributed by atoms with Gasteiger partial charge in [0.2, 0.25) is 0 Å². The van der Waals surface area contributed by atoms with E-state index in [1.165, 1.54) is 0 Å². The molecule has 2 rings (SSSR count). The number of oxazole rings is 1. The van der Waals surface area contributed by atoms with Crippen LogP contribution in [0.15, 0.2) is 22.6 Å². The minimum Gasteiger partial charge on any atom is -0.441 e. The maximum absolute atomic E-state index is 9.74. The fraction of sp³-hybridized carbons (Fsp3) is 0.462. The quantitative estimate of drug-likeness (QED) is 0.835. The van der Waals surface area contributed by atoms with E-state index in [4.69, 9.17) is 10.2 Å². The molecule has 0 radical (unpaired) electrons. The number of likely N-dealkylation sites (N-methyl/N-ethyl adjacent to an activating group) is 1. The third-order valence-electron chi connectivity index (χ3n) is 2.90. The highest BCUT2D eigenvalue weighted by Crippen LogP contribution is 2.22. The highest BCUT2D eigenvalue weighted by Gasteiger charge is 2.10. The molecule has 0 saturated heterocycles. The van der Waals surface area contributed by atoms with Gasteiger partial charge in [0.05, 0.1) is 6.10 Å². The van der Waals surface area contributed by atoms with Gasteiger partial charge in [0, 0.05) is 26.2 Å². The van der Waals surface area contributed by atoms with E-state index in [0.717, 1.165) is 16.8 Å². The Kier molecular flexibility index (Phi) is 3.84.